The molecule has 3 aliphatic rings. The fourth-order valence-electron chi connectivity index (χ4n) is 5.66. The van der Waals surface area contributed by atoms with Crippen LogP contribution in [0.1, 0.15) is 110 Å². The van der Waals surface area contributed by atoms with Crippen LogP contribution in [0.25, 0.3) is 0 Å². The van der Waals surface area contributed by atoms with Gasteiger partial charge in [-0.25, -0.2) is 4.79 Å². The van der Waals surface area contributed by atoms with E-state index in [-0.39, 0.29) is 23.3 Å². The van der Waals surface area contributed by atoms with Crippen molar-refractivity contribution in [2.45, 2.75) is 96.2 Å². The van der Waals surface area contributed by atoms with Crippen LogP contribution in [0, 0.1) is 0 Å². The molecule has 6 nitrogen and oxygen atoms in total. The molecule has 1 aliphatic heterocycles. The van der Waals surface area contributed by atoms with E-state index in [0.717, 1.165) is 50.1 Å². The van der Waals surface area contributed by atoms with Gasteiger partial charge in [-0.1, -0.05) is 13.0 Å². The van der Waals surface area contributed by atoms with Gasteiger partial charge in [-0.3, -0.25) is 9.69 Å². The van der Waals surface area contributed by atoms with Gasteiger partial charge in [0.15, 0.2) is 0 Å². The van der Waals surface area contributed by atoms with Crippen LogP contribution in [0.15, 0.2) is 29.2 Å². The number of carboxylic acid groups (broad SMARTS) is 1. The molecule has 2 saturated carbocycles. The molecule has 6 heteroatoms. The molecule has 1 N–H and O–H groups in total. The third kappa shape index (κ3) is 5.18. The molecule has 1 aromatic carbocycles. The zero-order valence-electron chi connectivity index (χ0n) is 21.3. The Bertz CT molecular complexity index is 1150. The first kappa shape index (κ1) is 24.1. The van der Waals surface area contributed by atoms with Gasteiger partial charge in [-0.2, -0.15) is 0 Å². The number of pyridine rings is 1. The second-order valence-corrected chi connectivity index (χ2v) is 10.9. The predicted octanol–water partition coefficient (Wildman–Crippen LogP) is 5.49. The fraction of sp³-hybridized carbons (Fsp3) is 0.586. The van der Waals surface area contributed by atoms with Crippen LogP contribution >= 0.6 is 0 Å². The number of aromatic nitrogens is 1. The zero-order valence-corrected chi connectivity index (χ0v) is 21.3. The van der Waals surface area contributed by atoms with E-state index in [9.17, 15) is 14.7 Å². The molecular formula is C29H38N2O4. The third-order valence-corrected chi connectivity index (χ3v) is 7.81. The number of ether oxygens (including phenoxy) is 1. The Morgan fingerprint density at radius 2 is 1.69 bits per heavy atom. The van der Waals surface area contributed by atoms with Crippen molar-refractivity contribution < 1.29 is 14.6 Å². The smallest absolute Gasteiger partial charge is 0.336 e. The molecule has 1 aromatic heterocycles. The van der Waals surface area contributed by atoms with Gasteiger partial charge in [0.05, 0.1) is 11.7 Å². The first-order chi connectivity index (χ1) is 16.9. The van der Waals surface area contributed by atoms with Crippen molar-refractivity contribution in [3.63, 3.8) is 0 Å². The first-order valence-corrected chi connectivity index (χ1v) is 13.4. The molecule has 0 spiro atoms. The molecule has 2 aromatic rings. The van der Waals surface area contributed by atoms with Crippen molar-refractivity contribution in [1.82, 2.24) is 9.47 Å². The molecule has 188 valence electrons. The second kappa shape index (κ2) is 9.81. The minimum absolute atomic E-state index is 0.109. The number of nitrogens with zero attached hydrogens (tertiary/aromatic N) is 2. The summed E-state index contributed by atoms with van der Waals surface area (Å²) in [5.41, 5.74) is 4.77. The van der Waals surface area contributed by atoms with Gasteiger partial charge < -0.3 is 14.4 Å². The maximum atomic E-state index is 13.0. The quantitative estimate of drug-likeness (QED) is 0.516. The summed E-state index contributed by atoms with van der Waals surface area (Å²) in [5, 5.41) is 9.42. The van der Waals surface area contributed by atoms with Crippen LogP contribution in [0.4, 0.5) is 0 Å². The van der Waals surface area contributed by atoms with E-state index in [4.69, 9.17) is 4.74 Å². The number of benzene rings is 1. The topological polar surface area (TPSA) is 71.8 Å². The first-order valence-electron chi connectivity index (χ1n) is 13.4. The molecule has 0 bridgehead atoms. The summed E-state index contributed by atoms with van der Waals surface area (Å²) >= 11 is 0. The van der Waals surface area contributed by atoms with Crippen LogP contribution in [-0.4, -0.2) is 39.7 Å². The van der Waals surface area contributed by atoms with Gasteiger partial charge in [0.25, 0.3) is 5.56 Å². The summed E-state index contributed by atoms with van der Waals surface area (Å²) in [6.45, 7) is 8.72. The molecule has 3 fully saturated rings. The van der Waals surface area contributed by atoms with Crippen molar-refractivity contribution in [3.05, 3.63) is 62.6 Å². The number of rotatable bonds is 9. The maximum absolute atomic E-state index is 13.0. The summed E-state index contributed by atoms with van der Waals surface area (Å²) in [4.78, 5) is 27.0. The summed E-state index contributed by atoms with van der Waals surface area (Å²) < 4.78 is 8.07. The average Bonchev–Trinajstić information content (AvgIpc) is 3.73. The van der Waals surface area contributed by atoms with Crippen molar-refractivity contribution >= 4 is 5.97 Å². The van der Waals surface area contributed by atoms with E-state index < -0.39 is 5.97 Å². The molecule has 5 rings (SSSR count). The number of hydrogen-bond donors (Lipinski definition) is 1. The molecule has 0 unspecified atom stereocenters. The van der Waals surface area contributed by atoms with Crippen molar-refractivity contribution in [3.8, 4) is 5.75 Å². The van der Waals surface area contributed by atoms with E-state index >= 15 is 0 Å². The molecular weight excluding hydrogens is 440 g/mol. The van der Waals surface area contributed by atoms with Crippen LogP contribution in [0.5, 0.6) is 5.75 Å². The molecule has 35 heavy (non-hydrogen) atoms. The lowest BCUT2D eigenvalue weighted by Crippen LogP contribution is -2.38. The van der Waals surface area contributed by atoms with Gasteiger partial charge in [-0.15, -0.1) is 0 Å². The number of hydrogen-bond acceptors (Lipinski definition) is 4. The standard InChI is InChI=1S/C29H38N2O4/c1-4-23-24(29(33)34)11-14-31(28(23)32)22-9-12-30(13-10-22)17-21-15-25(19-5-6-19)26(20-7-8-20)16-27(21)35-18(2)3/h11,14-16,18-20,22H,4-10,12-13,17H2,1-3H3,(H,33,34). The van der Waals surface area contributed by atoms with Gasteiger partial charge >= 0.3 is 5.97 Å². The molecule has 2 aliphatic carbocycles. The third-order valence-electron chi connectivity index (χ3n) is 7.81. The Hall–Kier alpha value is -2.60. The second-order valence-electron chi connectivity index (χ2n) is 10.9. The van der Waals surface area contributed by atoms with Crippen LogP contribution in [0.3, 0.4) is 0 Å². The van der Waals surface area contributed by atoms with Gasteiger partial charge in [-0.05, 0) is 93.9 Å². The number of aromatic carboxylic acids is 1. The highest BCUT2D eigenvalue weighted by Crippen LogP contribution is 2.51. The summed E-state index contributed by atoms with van der Waals surface area (Å²) in [7, 11) is 0. The Morgan fingerprint density at radius 1 is 1.06 bits per heavy atom. The highest BCUT2D eigenvalue weighted by molar-refractivity contribution is 5.89. The lowest BCUT2D eigenvalue weighted by molar-refractivity contribution is 0.0695. The van der Waals surface area contributed by atoms with E-state index in [1.807, 2.05) is 6.92 Å². The summed E-state index contributed by atoms with van der Waals surface area (Å²) in [5.74, 6) is 1.47. The minimum Gasteiger partial charge on any atom is -0.491 e. The van der Waals surface area contributed by atoms with Crippen LogP contribution in [-0.2, 0) is 13.0 Å². The monoisotopic (exact) mass is 478 g/mol. The average molecular weight is 479 g/mol. The Morgan fingerprint density at radius 3 is 2.23 bits per heavy atom. The predicted molar refractivity (Wildman–Crippen MR) is 137 cm³/mol. The van der Waals surface area contributed by atoms with Gasteiger partial charge in [0, 0.05) is 43.0 Å². The van der Waals surface area contributed by atoms with Crippen LogP contribution < -0.4 is 10.3 Å². The minimum atomic E-state index is -1.03. The summed E-state index contributed by atoms with van der Waals surface area (Å²) in [6.07, 6.45) is 9.25. The lowest BCUT2D eigenvalue weighted by Gasteiger charge is -2.33. The molecule has 0 atom stereocenters. The maximum Gasteiger partial charge on any atom is 0.336 e. The molecule has 2 heterocycles. The fourth-order valence-corrected chi connectivity index (χ4v) is 5.66. The van der Waals surface area contributed by atoms with Crippen LogP contribution in [0.2, 0.25) is 0 Å². The zero-order chi connectivity index (χ0) is 24.7. The molecule has 1 saturated heterocycles. The number of piperidine rings is 1. The van der Waals surface area contributed by atoms with Crippen molar-refractivity contribution in [2.24, 2.45) is 0 Å². The lowest BCUT2D eigenvalue weighted by atomic mass is 9.95. The molecule has 0 radical (unpaired) electrons. The highest BCUT2D eigenvalue weighted by Gasteiger charge is 2.34. The van der Waals surface area contributed by atoms with E-state index in [1.54, 1.807) is 22.4 Å². The SMILES string of the molecule is CCc1c(C(=O)O)ccn(C2CCN(Cc3cc(C4CC4)c(C4CC4)cc3OC(C)C)CC2)c1=O. The largest absolute Gasteiger partial charge is 0.491 e. The Balaban J connectivity index is 1.32. The number of likely N-dealkylation sites (tertiary alicyclic amines) is 1. The van der Waals surface area contributed by atoms with E-state index in [2.05, 4.69) is 30.9 Å². The number of carboxylic acids is 1. The molecule has 0 amide bonds. The highest BCUT2D eigenvalue weighted by atomic mass is 16.5. The number of carbonyl (C=O) groups is 1. The summed E-state index contributed by atoms with van der Waals surface area (Å²) in [6, 6.07) is 6.49. The van der Waals surface area contributed by atoms with Gasteiger partial charge in [0.2, 0.25) is 0 Å². The van der Waals surface area contributed by atoms with Crippen molar-refractivity contribution in [1.29, 1.82) is 0 Å². The van der Waals surface area contributed by atoms with Gasteiger partial charge in [0.1, 0.15) is 5.75 Å². The Labute approximate surface area is 207 Å². The van der Waals surface area contributed by atoms with E-state index in [1.165, 1.54) is 36.8 Å². The van der Waals surface area contributed by atoms with E-state index in [0.29, 0.717) is 12.0 Å². The Kier molecular flexibility index (Phi) is 6.75. The van der Waals surface area contributed by atoms with Crippen molar-refractivity contribution in [2.75, 3.05) is 13.1 Å². The normalized spacial score (nSPS) is 19.3.